The summed E-state index contributed by atoms with van der Waals surface area (Å²) in [6.45, 7) is 0. The fourth-order valence-corrected chi connectivity index (χ4v) is 2.04. The summed E-state index contributed by atoms with van der Waals surface area (Å²) >= 11 is 9.32. The molecule has 0 saturated heterocycles. The van der Waals surface area contributed by atoms with Gasteiger partial charge in [-0.05, 0) is 30.3 Å². The van der Waals surface area contributed by atoms with E-state index in [4.69, 9.17) is 17.3 Å². The van der Waals surface area contributed by atoms with Crippen LogP contribution in [0.3, 0.4) is 0 Å². The van der Waals surface area contributed by atoms with Crippen molar-refractivity contribution in [2.45, 2.75) is 0 Å². The first-order valence-electron chi connectivity index (χ1n) is 7.17. The van der Waals surface area contributed by atoms with Gasteiger partial charge >= 0.3 is 25.2 Å². The molecule has 0 atom stereocenters. The SMILES string of the molecule is Clc1ccn(-c2cccnc2)n1.Nc1ccn(-c2cccnc2)n1.[Cl][Cu]. The number of hydrogen-bond donors (Lipinski definition) is 1. The van der Waals surface area contributed by atoms with Crippen LogP contribution in [0.4, 0.5) is 5.82 Å². The van der Waals surface area contributed by atoms with Crippen LogP contribution in [0, 0.1) is 0 Å². The second-order valence-electron chi connectivity index (χ2n) is 4.69. The number of nitrogens with zero attached hydrogens (tertiary/aromatic N) is 6. The van der Waals surface area contributed by atoms with Crippen LogP contribution < -0.4 is 5.73 Å². The predicted octanol–water partition coefficient (Wildman–Crippen LogP) is 3.46. The molecule has 0 aliphatic heterocycles. The third kappa shape index (κ3) is 5.86. The summed E-state index contributed by atoms with van der Waals surface area (Å²) in [7, 11) is 4.20. The summed E-state index contributed by atoms with van der Waals surface area (Å²) in [4.78, 5) is 7.94. The molecule has 4 aromatic rings. The summed E-state index contributed by atoms with van der Waals surface area (Å²) in [5.41, 5.74) is 7.28. The molecule has 138 valence electrons. The van der Waals surface area contributed by atoms with Crippen LogP contribution in [0.25, 0.3) is 11.4 Å². The fourth-order valence-electron chi connectivity index (χ4n) is 1.91. The normalized spacial score (nSPS) is 9.54. The first kappa shape index (κ1) is 19.9. The van der Waals surface area contributed by atoms with Crippen LogP contribution >= 0.6 is 21.7 Å². The maximum absolute atomic E-state index is 5.66. The van der Waals surface area contributed by atoms with Crippen molar-refractivity contribution < 1.29 is 15.1 Å². The molecule has 26 heavy (non-hydrogen) atoms. The molecule has 7 nitrogen and oxygen atoms in total. The minimum atomic E-state index is 0.485. The van der Waals surface area contributed by atoms with E-state index in [1.165, 1.54) is 0 Å². The van der Waals surface area contributed by atoms with Crippen LogP contribution in [0.5, 0.6) is 0 Å². The van der Waals surface area contributed by atoms with Crippen LogP contribution in [0.2, 0.25) is 5.15 Å². The van der Waals surface area contributed by atoms with Crippen molar-refractivity contribution in [1.29, 1.82) is 0 Å². The molecule has 0 aromatic carbocycles. The number of pyridine rings is 2. The van der Waals surface area contributed by atoms with E-state index in [9.17, 15) is 0 Å². The molecule has 0 bridgehead atoms. The Morgan fingerprint density at radius 2 is 1.35 bits per heavy atom. The van der Waals surface area contributed by atoms with Gasteiger partial charge in [-0.1, -0.05) is 11.6 Å². The van der Waals surface area contributed by atoms with Crippen molar-refractivity contribution in [1.82, 2.24) is 29.5 Å². The van der Waals surface area contributed by atoms with Crippen LogP contribution in [0.1, 0.15) is 0 Å². The molecule has 0 unspecified atom stereocenters. The topological polar surface area (TPSA) is 87.4 Å². The van der Waals surface area contributed by atoms with Crippen LogP contribution in [-0.4, -0.2) is 29.5 Å². The number of halogens is 2. The van der Waals surface area contributed by atoms with E-state index in [0.717, 1.165) is 11.4 Å². The average molecular weight is 439 g/mol. The molecule has 4 aromatic heterocycles. The Morgan fingerprint density at radius 1 is 0.808 bits per heavy atom. The number of nitrogen functional groups attached to an aromatic ring is 1. The van der Waals surface area contributed by atoms with Crippen molar-refractivity contribution in [2.24, 2.45) is 0 Å². The summed E-state index contributed by atoms with van der Waals surface area (Å²) in [5.74, 6) is 0.513. The molecule has 0 radical (unpaired) electrons. The molecule has 0 fully saturated rings. The van der Waals surface area contributed by atoms with Gasteiger partial charge in [0.25, 0.3) is 0 Å². The van der Waals surface area contributed by atoms with Gasteiger partial charge in [-0.2, -0.15) is 10.2 Å². The second kappa shape index (κ2) is 10.6. The summed E-state index contributed by atoms with van der Waals surface area (Å²) in [6, 6.07) is 11.0. The molecule has 4 rings (SSSR count). The van der Waals surface area contributed by atoms with Gasteiger partial charge in [0, 0.05) is 30.9 Å². The van der Waals surface area contributed by atoms with E-state index in [1.54, 1.807) is 58.7 Å². The number of anilines is 1. The third-order valence-corrected chi connectivity index (χ3v) is 3.19. The predicted molar refractivity (Wildman–Crippen MR) is 98.0 cm³/mol. The van der Waals surface area contributed by atoms with Gasteiger partial charge in [0.15, 0.2) is 5.15 Å². The van der Waals surface area contributed by atoms with Crippen molar-refractivity contribution in [3.63, 3.8) is 0 Å². The van der Waals surface area contributed by atoms with Gasteiger partial charge in [-0.25, -0.2) is 9.36 Å². The molecular weight excluding hydrogens is 425 g/mol. The molecular formula is C16H14Cl2CuN7. The second-order valence-corrected chi connectivity index (χ2v) is 5.08. The fraction of sp³-hybridized carbons (Fsp3) is 0. The van der Waals surface area contributed by atoms with Crippen molar-refractivity contribution >= 4 is 27.5 Å². The Morgan fingerprint density at radius 3 is 1.73 bits per heavy atom. The summed E-state index contributed by atoms with van der Waals surface area (Å²) < 4.78 is 3.36. The molecule has 0 aliphatic carbocycles. The molecule has 0 aliphatic rings. The Hall–Kier alpha value is -2.38. The quantitative estimate of drug-likeness (QED) is 0.484. The van der Waals surface area contributed by atoms with Gasteiger partial charge in [-0.3, -0.25) is 9.97 Å². The van der Waals surface area contributed by atoms with Gasteiger partial charge in [0.2, 0.25) is 0 Å². The van der Waals surface area contributed by atoms with Crippen molar-refractivity contribution in [2.75, 3.05) is 5.73 Å². The zero-order chi connectivity index (χ0) is 18.8. The summed E-state index contributed by atoms with van der Waals surface area (Å²) in [6.07, 6.45) is 10.5. The first-order valence-corrected chi connectivity index (χ1v) is 8.84. The summed E-state index contributed by atoms with van der Waals surface area (Å²) in [5, 5.41) is 8.54. The number of aromatic nitrogens is 6. The Kier molecular flexibility index (Phi) is 8.11. The maximum atomic E-state index is 5.66. The monoisotopic (exact) mass is 437 g/mol. The number of hydrogen-bond acceptors (Lipinski definition) is 5. The van der Waals surface area contributed by atoms with Crippen molar-refractivity contribution in [3.8, 4) is 11.4 Å². The standard InChI is InChI=1S/C8H6ClN3.C8H8N4.ClH.Cu/c2*9-8-3-5-12(11-8)7-2-1-4-10-6-7;;/h1-6H;1-6H,(H2,9,11);1H;/q;;;+1/p-1. The molecule has 0 saturated carbocycles. The van der Waals surface area contributed by atoms with Crippen LogP contribution in [-0.2, 0) is 15.1 Å². The Balaban J connectivity index is 0.000000171. The van der Waals surface area contributed by atoms with Gasteiger partial charge < -0.3 is 5.73 Å². The van der Waals surface area contributed by atoms with E-state index in [0.29, 0.717) is 11.0 Å². The van der Waals surface area contributed by atoms with E-state index >= 15 is 0 Å². The minimum absolute atomic E-state index is 0.485. The van der Waals surface area contributed by atoms with E-state index < -0.39 is 0 Å². The molecule has 10 heteroatoms. The van der Waals surface area contributed by atoms with E-state index in [2.05, 4.69) is 45.4 Å². The number of rotatable bonds is 2. The van der Waals surface area contributed by atoms with E-state index in [1.807, 2.05) is 24.3 Å². The molecule has 4 heterocycles. The zero-order valence-electron chi connectivity index (χ0n) is 13.2. The zero-order valence-corrected chi connectivity index (χ0v) is 15.7. The molecule has 2 N–H and O–H groups in total. The average Bonchev–Trinajstić information content (AvgIpc) is 3.34. The molecule has 0 spiro atoms. The van der Waals surface area contributed by atoms with Gasteiger partial charge in [-0.15, -0.1) is 0 Å². The first-order chi connectivity index (χ1) is 12.7. The Bertz CT molecular complexity index is 821. The Labute approximate surface area is 167 Å². The number of nitrogens with two attached hydrogens (primary N) is 1. The van der Waals surface area contributed by atoms with Crippen molar-refractivity contribution in [3.05, 3.63) is 78.7 Å². The molecule has 0 amide bonds. The van der Waals surface area contributed by atoms with Crippen LogP contribution in [0.15, 0.2) is 73.6 Å². The third-order valence-electron chi connectivity index (χ3n) is 2.99. The van der Waals surface area contributed by atoms with Gasteiger partial charge in [0.05, 0.1) is 23.8 Å². The van der Waals surface area contributed by atoms with E-state index in [-0.39, 0.29) is 0 Å². The van der Waals surface area contributed by atoms with Gasteiger partial charge in [0.1, 0.15) is 5.82 Å².